The Morgan fingerprint density at radius 2 is 1.88 bits per heavy atom. The van der Waals surface area contributed by atoms with E-state index >= 15 is 0 Å². The first-order valence-corrected chi connectivity index (χ1v) is 9.47. The average Bonchev–Trinajstić information content (AvgIpc) is 2.78. The Hall–Kier alpha value is -1.12. The summed E-state index contributed by atoms with van der Waals surface area (Å²) < 4.78 is 0. The highest BCUT2D eigenvalue weighted by Crippen LogP contribution is 2.62. The maximum atomic E-state index is 13.3. The molecule has 1 heterocycles. The summed E-state index contributed by atoms with van der Waals surface area (Å²) in [5.41, 5.74) is 5.69. The van der Waals surface area contributed by atoms with Gasteiger partial charge in [-0.25, -0.2) is 0 Å². The number of carbonyl (C=O) groups is 1. The van der Waals surface area contributed by atoms with Crippen molar-refractivity contribution < 1.29 is 9.90 Å². The zero-order valence-electron chi connectivity index (χ0n) is 14.7. The lowest BCUT2D eigenvalue weighted by Crippen LogP contribution is -2.65. The molecule has 1 aliphatic heterocycles. The van der Waals surface area contributed by atoms with Crippen LogP contribution in [0.25, 0.3) is 0 Å². The van der Waals surface area contributed by atoms with Gasteiger partial charge in [0.15, 0.2) is 0 Å². The number of nitriles is 1. The van der Waals surface area contributed by atoms with E-state index in [2.05, 4.69) is 13.0 Å². The smallest absolute Gasteiger partial charge is 0.241 e. The lowest BCUT2D eigenvalue weighted by Gasteiger charge is -2.61. The second-order valence-electron chi connectivity index (χ2n) is 9.37. The normalized spacial score (nSPS) is 50.8. The van der Waals surface area contributed by atoms with Crippen LogP contribution in [0.5, 0.6) is 0 Å². The molecule has 4 aliphatic carbocycles. The molecule has 0 aromatic rings. The van der Waals surface area contributed by atoms with Crippen molar-refractivity contribution in [2.24, 2.45) is 28.9 Å². The van der Waals surface area contributed by atoms with Gasteiger partial charge in [-0.2, -0.15) is 5.26 Å². The summed E-state index contributed by atoms with van der Waals surface area (Å²) in [6, 6.07) is 1.41. The van der Waals surface area contributed by atoms with E-state index in [4.69, 9.17) is 5.73 Å². The number of hydrogen-bond acceptors (Lipinski definition) is 4. The van der Waals surface area contributed by atoms with Crippen LogP contribution in [0.15, 0.2) is 0 Å². The minimum atomic E-state index is -0.611. The van der Waals surface area contributed by atoms with Gasteiger partial charge in [-0.05, 0) is 75.0 Å². The summed E-state index contributed by atoms with van der Waals surface area (Å²) in [5, 5.41) is 20.4. The van der Waals surface area contributed by atoms with Gasteiger partial charge >= 0.3 is 0 Å². The van der Waals surface area contributed by atoms with Gasteiger partial charge in [0, 0.05) is 6.04 Å². The maximum Gasteiger partial charge on any atom is 0.241 e. The third-order valence-electron chi connectivity index (χ3n) is 7.60. The topological polar surface area (TPSA) is 90.4 Å². The van der Waals surface area contributed by atoms with Crippen LogP contribution in [0, 0.1) is 34.5 Å². The summed E-state index contributed by atoms with van der Waals surface area (Å²) in [5.74, 6) is 1.28. The molecule has 0 aromatic heterocycles. The van der Waals surface area contributed by atoms with Gasteiger partial charge in [-0.1, -0.05) is 6.92 Å². The number of nitrogens with two attached hydrogens (primary N) is 1. The van der Waals surface area contributed by atoms with E-state index < -0.39 is 11.6 Å². The molecular formula is C19H29N3O2. The van der Waals surface area contributed by atoms with Crippen molar-refractivity contribution in [1.82, 2.24) is 4.90 Å². The van der Waals surface area contributed by atoms with E-state index in [0.717, 1.165) is 32.1 Å². The standard InChI is InChI=1S/C19H29N3O2/c1-11-3-15(9-20)22(12(11)2)17(23)16(21)18-5-13-4-14(6-18)8-19(24,7-13)10-18/h11-16,24H,3-8,10,21H2,1-2H3/t11?,12?,13?,14?,15-,16+,18?,19?/m0/s1. The third-order valence-corrected chi connectivity index (χ3v) is 7.60. The van der Waals surface area contributed by atoms with Crippen LogP contribution in [-0.4, -0.2) is 39.6 Å². The Balaban J connectivity index is 1.61. The molecule has 5 fully saturated rings. The third kappa shape index (κ3) is 2.23. The van der Waals surface area contributed by atoms with Crippen molar-refractivity contribution in [2.75, 3.05) is 0 Å². The number of carbonyl (C=O) groups excluding carboxylic acids is 1. The van der Waals surface area contributed by atoms with Crippen LogP contribution in [0.3, 0.4) is 0 Å². The van der Waals surface area contributed by atoms with Crippen molar-refractivity contribution in [2.45, 2.75) is 82.5 Å². The highest BCUT2D eigenvalue weighted by molar-refractivity contribution is 5.84. The molecule has 0 aromatic carbocycles. The molecule has 5 nitrogen and oxygen atoms in total. The van der Waals surface area contributed by atoms with Gasteiger partial charge in [0.1, 0.15) is 6.04 Å². The second-order valence-corrected chi connectivity index (χ2v) is 9.37. The lowest BCUT2D eigenvalue weighted by molar-refractivity contribution is -0.177. The first kappa shape index (κ1) is 16.4. The highest BCUT2D eigenvalue weighted by atomic mass is 16.3. The van der Waals surface area contributed by atoms with Gasteiger partial charge in [0.25, 0.3) is 0 Å². The first-order chi connectivity index (χ1) is 11.3. The molecule has 4 bridgehead atoms. The molecule has 4 saturated carbocycles. The van der Waals surface area contributed by atoms with Crippen LogP contribution in [0.2, 0.25) is 0 Å². The molecule has 0 radical (unpaired) electrons. The van der Waals surface area contributed by atoms with Gasteiger partial charge in [0.2, 0.25) is 5.91 Å². The summed E-state index contributed by atoms with van der Waals surface area (Å²) in [6.45, 7) is 4.13. The minimum absolute atomic E-state index is 0.0604. The molecule has 5 rings (SSSR count). The van der Waals surface area contributed by atoms with E-state index in [0.29, 0.717) is 24.2 Å². The molecule has 4 unspecified atom stereocenters. The molecule has 6 atom stereocenters. The lowest BCUT2D eigenvalue weighted by atomic mass is 9.46. The second kappa shape index (κ2) is 5.19. The number of hydrogen-bond donors (Lipinski definition) is 2. The molecule has 132 valence electrons. The molecule has 1 saturated heterocycles. The molecule has 5 heteroatoms. The van der Waals surface area contributed by atoms with Crippen LogP contribution in [-0.2, 0) is 4.79 Å². The fourth-order valence-electron chi connectivity index (χ4n) is 6.76. The number of rotatable bonds is 2. The first-order valence-electron chi connectivity index (χ1n) is 9.47. The van der Waals surface area contributed by atoms with Crippen molar-refractivity contribution in [3.05, 3.63) is 0 Å². The number of likely N-dealkylation sites (tertiary alicyclic amines) is 1. The van der Waals surface area contributed by atoms with Crippen molar-refractivity contribution >= 4 is 5.91 Å². The number of nitrogens with zero attached hydrogens (tertiary/aromatic N) is 2. The van der Waals surface area contributed by atoms with E-state index in [1.54, 1.807) is 4.90 Å². The van der Waals surface area contributed by atoms with Crippen LogP contribution in [0.4, 0.5) is 0 Å². The van der Waals surface area contributed by atoms with Crippen LogP contribution >= 0.6 is 0 Å². The fraction of sp³-hybridized carbons (Fsp3) is 0.895. The Bertz CT molecular complexity index is 584. The van der Waals surface area contributed by atoms with Gasteiger partial charge in [-0.15, -0.1) is 0 Å². The Morgan fingerprint density at radius 3 is 2.42 bits per heavy atom. The highest BCUT2D eigenvalue weighted by Gasteiger charge is 2.61. The number of amides is 1. The number of aliphatic hydroxyl groups is 1. The Morgan fingerprint density at radius 1 is 1.25 bits per heavy atom. The van der Waals surface area contributed by atoms with E-state index in [1.165, 1.54) is 6.42 Å². The van der Waals surface area contributed by atoms with E-state index in [1.807, 2.05) is 6.92 Å². The summed E-state index contributed by atoms with van der Waals surface area (Å²) >= 11 is 0. The average molecular weight is 331 g/mol. The molecule has 0 spiro atoms. The maximum absolute atomic E-state index is 13.3. The zero-order valence-corrected chi connectivity index (χ0v) is 14.7. The summed E-state index contributed by atoms with van der Waals surface area (Å²) in [4.78, 5) is 15.0. The van der Waals surface area contributed by atoms with Gasteiger partial charge in [-0.3, -0.25) is 4.79 Å². The predicted molar refractivity (Wildman–Crippen MR) is 89.5 cm³/mol. The SMILES string of the molecule is CC1C[C@@H](C#N)N(C(=O)[C@@H](N)C23CC4CC(CC(O)(C4)C2)C3)C1C. The molecule has 5 aliphatic rings. The monoisotopic (exact) mass is 331 g/mol. The van der Waals surface area contributed by atoms with E-state index in [-0.39, 0.29) is 23.4 Å². The zero-order chi connectivity index (χ0) is 17.3. The summed E-state index contributed by atoms with van der Waals surface area (Å²) in [7, 11) is 0. The molecule has 24 heavy (non-hydrogen) atoms. The minimum Gasteiger partial charge on any atom is -0.390 e. The molecular weight excluding hydrogens is 302 g/mol. The fourth-order valence-corrected chi connectivity index (χ4v) is 6.76. The van der Waals surface area contributed by atoms with Crippen molar-refractivity contribution in [1.29, 1.82) is 5.26 Å². The van der Waals surface area contributed by atoms with Crippen molar-refractivity contribution in [3.63, 3.8) is 0 Å². The molecule has 3 N–H and O–H groups in total. The predicted octanol–water partition coefficient (Wildman–Crippen LogP) is 1.79. The summed E-state index contributed by atoms with van der Waals surface area (Å²) in [6.07, 6.45) is 6.27. The van der Waals surface area contributed by atoms with Crippen LogP contribution < -0.4 is 5.73 Å². The largest absolute Gasteiger partial charge is 0.390 e. The van der Waals surface area contributed by atoms with Gasteiger partial charge in [0.05, 0.1) is 17.7 Å². The van der Waals surface area contributed by atoms with Gasteiger partial charge < -0.3 is 15.7 Å². The quantitative estimate of drug-likeness (QED) is 0.807. The Labute approximate surface area is 144 Å². The Kier molecular flexibility index (Phi) is 3.54. The molecule has 1 amide bonds. The van der Waals surface area contributed by atoms with Crippen LogP contribution in [0.1, 0.15) is 58.8 Å². The van der Waals surface area contributed by atoms with E-state index in [9.17, 15) is 15.2 Å². The van der Waals surface area contributed by atoms with Crippen molar-refractivity contribution in [3.8, 4) is 6.07 Å².